The highest BCUT2D eigenvalue weighted by atomic mass is 19.3. The third-order valence-electron chi connectivity index (χ3n) is 4.74. The summed E-state index contributed by atoms with van der Waals surface area (Å²) in [6.07, 6.45) is 2.63. The summed E-state index contributed by atoms with van der Waals surface area (Å²) in [5.74, 6) is -0.532. The Bertz CT molecular complexity index is 1100. The number of anilines is 1. The van der Waals surface area contributed by atoms with Crippen LogP contribution in [-0.4, -0.2) is 32.3 Å². The zero-order valence-electron chi connectivity index (χ0n) is 15.5. The van der Waals surface area contributed by atoms with E-state index in [2.05, 4.69) is 25.1 Å². The Morgan fingerprint density at radius 1 is 1.28 bits per heavy atom. The molecule has 10 heteroatoms. The first-order valence-electron chi connectivity index (χ1n) is 8.72. The number of carbonyl (C=O) groups is 1. The van der Waals surface area contributed by atoms with Crippen LogP contribution >= 0.6 is 0 Å². The molecule has 0 atom stereocenters. The molecule has 0 saturated heterocycles. The van der Waals surface area contributed by atoms with Crippen molar-refractivity contribution in [1.29, 1.82) is 0 Å². The second kappa shape index (κ2) is 6.87. The fourth-order valence-electron chi connectivity index (χ4n) is 3.06. The van der Waals surface area contributed by atoms with Gasteiger partial charge in [-0.2, -0.15) is 18.9 Å². The van der Waals surface area contributed by atoms with Crippen LogP contribution in [0.1, 0.15) is 30.7 Å². The van der Waals surface area contributed by atoms with Crippen LogP contribution in [0.5, 0.6) is 5.75 Å². The Balaban J connectivity index is 1.72. The molecule has 150 valence electrons. The molecule has 0 aliphatic carbocycles. The molecule has 7 nitrogen and oxygen atoms in total. The Hall–Kier alpha value is -3.43. The number of amides is 1. The summed E-state index contributed by atoms with van der Waals surface area (Å²) < 4.78 is 45.3. The van der Waals surface area contributed by atoms with Gasteiger partial charge in [0.1, 0.15) is 17.3 Å². The van der Waals surface area contributed by atoms with E-state index in [-0.39, 0.29) is 35.3 Å². The predicted octanol–water partition coefficient (Wildman–Crippen LogP) is 3.22. The summed E-state index contributed by atoms with van der Waals surface area (Å²) in [7, 11) is 0. The highest BCUT2D eigenvalue weighted by Gasteiger charge is 2.40. The van der Waals surface area contributed by atoms with Crippen LogP contribution in [0.3, 0.4) is 0 Å². The molecular weight excluding hydrogens is 387 g/mol. The summed E-state index contributed by atoms with van der Waals surface area (Å²) in [6, 6.07) is 5.97. The minimum Gasteiger partial charge on any atom is -0.431 e. The van der Waals surface area contributed by atoms with Gasteiger partial charge in [0, 0.05) is 18.2 Å². The van der Waals surface area contributed by atoms with Crippen LogP contribution in [0.25, 0.3) is 5.95 Å². The number of ether oxygens (including phenoxy) is 1. The van der Waals surface area contributed by atoms with Crippen molar-refractivity contribution in [2.24, 2.45) is 0 Å². The SMILES string of the molecule is CC1(C)C(=O)Nc2nc(-n3cc(OC(F)F)c(Cc4ccccc4F)n3)ncc21. The molecule has 2 aromatic heterocycles. The van der Waals surface area contributed by atoms with Crippen LogP contribution in [-0.2, 0) is 16.6 Å². The van der Waals surface area contributed by atoms with E-state index in [1.54, 1.807) is 19.9 Å². The molecule has 0 fully saturated rings. The number of nitrogens with one attached hydrogen (secondary N) is 1. The number of halogens is 3. The molecule has 0 spiro atoms. The molecule has 0 saturated carbocycles. The van der Waals surface area contributed by atoms with Gasteiger partial charge < -0.3 is 10.1 Å². The average Bonchev–Trinajstić information content (AvgIpc) is 3.14. The average molecular weight is 403 g/mol. The number of hydrogen-bond acceptors (Lipinski definition) is 5. The Kier molecular flexibility index (Phi) is 4.48. The van der Waals surface area contributed by atoms with Gasteiger partial charge in [-0.3, -0.25) is 4.79 Å². The molecule has 1 aliphatic rings. The third kappa shape index (κ3) is 3.41. The number of benzene rings is 1. The zero-order chi connectivity index (χ0) is 20.8. The minimum atomic E-state index is -3.08. The van der Waals surface area contributed by atoms with Crippen molar-refractivity contribution in [3.05, 3.63) is 59.3 Å². The smallest absolute Gasteiger partial charge is 0.387 e. The van der Waals surface area contributed by atoms with Crippen LogP contribution < -0.4 is 10.1 Å². The number of nitrogens with zero attached hydrogens (tertiary/aromatic N) is 4. The van der Waals surface area contributed by atoms with Crippen molar-refractivity contribution < 1.29 is 22.7 Å². The van der Waals surface area contributed by atoms with Gasteiger partial charge in [-0.05, 0) is 25.5 Å². The molecule has 1 amide bonds. The summed E-state index contributed by atoms with van der Waals surface area (Å²) >= 11 is 0. The molecule has 1 aromatic carbocycles. The first-order chi connectivity index (χ1) is 13.8. The lowest BCUT2D eigenvalue weighted by Gasteiger charge is -2.13. The van der Waals surface area contributed by atoms with Crippen molar-refractivity contribution >= 4 is 11.7 Å². The van der Waals surface area contributed by atoms with Gasteiger partial charge in [0.15, 0.2) is 5.75 Å². The van der Waals surface area contributed by atoms with Crippen molar-refractivity contribution in [2.75, 3.05) is 5.32 Å². The van der Waals surface area contributed by atoms with Crippen LogP contribution in [0.15, 0.2) is 36.7 Å². The number of rotatable bonds is 5. The highest BCUT2D eigenvalue weighted by molar-refractivity contribution is 6.04. The maximum absolute atomic E-state index is 14.0. The lowest BCUT2D eigenvalue weighted by molar-refractivity contribution is -0.119. The first-order valence-corrected chi connectivity index (χ1v) is 8.72. The van der Waals surface area contributed by atoms with E-state index in [0.29, 0.717) is 11.4 Å². The van der Waals surface area contributed by atoms with E-state index in [1.807, 2.05) is 0 Å². The topological polar surface area (TPSA) is 81.9 Å². The molecule has 3 aromatic rings. The van der Waals surface area contributed by atoms with Gasteiger partial charge in [0.05, 0.1) is 11.6 Å². The van der Waals surface area contributed by atoms with Gasteiger partial charge in [-0.25, -0.2) is 14.1 Å². The van der Waals surface area contributed by atoms with Crippen molar-refractivity contribution in [3.63, 3.8) is 0 Å². The van der Waals surface area contributed by atoms with Crippen molar-refractivity contribution in [3.8, 4) is 11.7 Å². The maximum Gasteiger partial charge on any atom is 0.387 e. The Labute approximate surface area is 163 Å². The first kappa shape index (κ1) is 18.9. The van der Waals surface area contributed by atoms with Crippen LogP contribution in [0, 0.1) is 5.82 Å². The van der Waals surface area contributed by atoms with E-state index < -0.39 is 17.8 Å². The fourth-order valence-corrected chi connectivity index (χ4v) is 3.06. The van der Waals surface area contributed by atoms with Crippen LogP contribution in [0.4, 0.5) is 19.0 Å². The normalized spacial score (nSPS) is 14.8. The molecule has 1 N–H and O–H groups in total. The Morgan fingerprint density at radius 2 is 2.03 bits per heavy atom. The van der Waals surface area contributed by atoms with E-state index in [9.17, 15) is 18.0 Å². The second-order valence-electron chi connectivity index (χ2n) is 7.04. The molecule has 3 heterocycles. The third-order valence-corrected chi connectivity index (χ3v) is 4.74. The summed E-state index contributed by atoms with van der Waals surface area (Å²) in [4.78, 5) is 20.5. The molecule has 1 aliphatic heterocycles. The zero-order valence-corrected chi connectivity index (χ0v) is 15.5. The predicted molar refractivity (Wildman–Crippen MR) is 96.6 cm³/mol. The number of aromatic nitrogens is 4. The summed E-state index contributed by atoms with van der Waals surface area (Å²) in [6.45, 7) is 0.409. The fraction of sp³-hybridized carbons (Fsp3) is 0.263. The minimum absolute atomic E-state index is 0.0562. The summed E-state index contributed by atoms with van der Waals surface area (Å²) in [5.41, 5.74) is 0.219. The number of fused-ring (bicyclic) bond motifs is 1. The molecule has 0 radical (unpaired) electrons. The maximum atomic E-state index is 14.0. The van der Waals surface area contributed by atoms with E-state index in [4.69, 9.17) is 0 Å². The molecule has 0 bridgehead atoms. The quantitative estimate of drug-likeness (QED) is 0.707. The number of carbonyl (C=O) groups excluding carboxylic acids is 1. The monoisotopic (exact) mass is 403 g/mol. The molecule has 29 heavy (non-hydrogen) atoms. The van der Waals surface area contributed by atoms with Crippen molar-refractivity contribution in [2.45, 2.75) is 32.3 Å². The van der Waals surface area contributed by atoms with Crippen LogP contribution in [0.2, 0.25) is 0 Å². The Morgan fingerprint density at radius 3 is 2.76 bits per heavy atom. The number of hydrogen-bond donors (Lipinski definition) is 1. The molecule has 0 unspecified atom stereocenters. The van der Waals surface area contributed by atoms with Gasteiger partial charge >= 0.3 is 6.61 Å². The summed E-state index contributed by atoms with van der Waals surface area (Å²) in [5, 5.41) is 6.87. The van der Waals surface area contributed by atoms with E-state index >= 15 is 0 Å². The largest absolute Gasteiger partial charge is 0.431 e. The standard InChI is InChI=1S/C19H16F3N5O2/c1-19(2)11-8-23-18(25-15(11)24-16(19)28)27-9-14(29-17(21)22)13(26-27)7-10-5-3-4-6-12(10)20/h3-6,8-9,17H,7H2,1-2H3,(H,23,24,25,28). The lowest BCUT2D eigenvalue weighted by atomic mass is 9.88. The van der Waals surface area contributed by atoms with Gasteiger partial charge in [0.25, 0.3) is 5.95 Å². The number of alkyl halides is 2. The second-order valence-corrected chi connectivity index (χ2v) is 7.04. The van der Waals surface area contributed by atoms with Gasteiger partial charge in [0.2, 0.25) is 5.91 Å². The van der Waals surface area contributed by atoms with Crippen molar-refractivity contribution in [1.82, 2.24) is 19.7 Å². The molecule has 4 rings (SSSR count). The highest BCUT2D eigenvalue weighted by Crippen LogP contribution is 2.35. The van der Waals surface area contributed by atoms with Gasteiger partial charge in [-0.15, -0.1) is 0 Å². The van der Waals surface area contributed by atoms with E-state index in [0.717, 1.165) is 4.68 Å². The van der Waals surface area contributed by atoms with Gasteiger partial charge in [-0.1, -0.05) is 18.2 Å². The van der Waals surface area contributed by atoms with E-state index in [1.165, 1.54) is 30.6 Å². The molecular formula is C19H16F3N5O2. The lowest BCUT2D eigenvalue weighted by Crippen LogP contribution is -2.26.